The summed E-state index contributed by atoms with van der Waals surface area (Å²) in [6.45, 7) is 7.22. The van der Waals surface area contributed by atoms with Crippen LogP contribution in [0.15, 0.2) is 24.3 Å². The number of hydrogen-bond donors (Lipinski definition) is 2. The largest absolute Gasteiger partial charge is 0.341 e. The van der Waals surface area contributed by atoms with Crippen LogP contribution in [-0.2, 0) is 6.54 Å². The van der Waals surface area contributed by atoms with Crippen LogP contribution >= 0.6 is 0 Å². The standard InChI is InChI=1S/C12H17N3/c1-12(2,3)13-8-11-14-9-6-4-5-7-10(9)15-11/h4-7,13H,8H2,1-3H3,(H,14,15). The lowest BCUT2D eigenvalue weighted by atomic mass is 10.1. The van der Waals surface area contributed by atoms with Gasteiger partial charge in [0, 0.05) is 5.54 Å². The molecular weight excluding hydrogens is 186 g/mol. The van der Waals surface area contributed by atoms with Crippen LogP contribution in [0.1, 0.15) is 26.6 Å². The van der Waals surface area contributed by atoms with Gasteiger partial charge < -0.3 is 10.3 Å². The van der Waals surface area contributed by atoms with Gasteiger partial charge in [-0.25, -0.2) is 4.98 Å². The summed E-state index contributed by atoms with van der Waals surface area (Å²) in [4.78, 5) is 7.79. The Morgan fingerprint density at radius 1 is 1.27 bits per heavy atom. The number of rotatable bonds is 2. The lowest BCUT2D eigenvalue weighted by Gasteiger charge is -2.19. The molecule has 1 aromatic carbocycles. The van der Waals surface area contributed by atoms with Crippen molar-refractivity contribution in [2.24, 2.45) is 0 Å². The van der Waals surface area contributed by atoms with Crippen molar-refractivity contribution in [3.63, 3.8) is 0 Å². The monoisotopic (exact) mass is 203 g/mol. The van der Waals surface area contributed by atoms with E-state index in [9.17, 15) is 0 Å². The lowest BCUT2D eigenvalue weighted by molar-refractivity contribution is 0.419. The highest BCUT2D eigenvalue weighted by Gasteiger charge is 2.09. The number of aromatic amines is 1. The van der Waals surface area contributed by atoms with Crippen molar-refractivity contribution in [2.45, 2.75) is 32.9 Å². The van der Waals surface area contributed by atoms with Crippen molar-refractivity contribution in [1.82, 2.24) is 15.3 Å². The minimum Gasteiger partial charge on any atom is -0.341 e. The van der Waals surface area contributed by atoms with Gasteiger partial charge in [-0.2, -0.15) is 0 Å². The molecule has 0 radical (unpaired) electrons. The van der Waals surface area contributed by atoms with Crippen LogP contribution < -0.4 is 5.32 Å². The van der Waals surface area contributed by atoms with E-state index in [1.165, 1.54) is 0 Å². The molecule has 0 aliphatic carbocycles. The predicted molar refractivity (Wildman–Crippen MR) is 62.7 cm³/mol. The second kappa shape index (κ2) is 3.66. The first-order valence-corrected chi connectivity index (χ1v) is 5.23. The topological polar surface area (TPSA) is 40.7 Å². The lowest BCUT2D eigenvalue weighted by Crippen LogP contribution is -2.35. The molecule has 3 heteroatoms. The highest BCUT2D eigenvalue weighted by Crippen LogP contribution is 2.10. The third kappa shape index (κ3) is 2.57. The molecule has 0 fully saturated rings. The van der Waals surface area contributed by atoms with Gasteiger partial charge in [-0.15, -0.1) is 0 Å². The number of imidazole rings is 1. The van der Waals surface area contributed by atoms with Crippen molar-refractivity contribution >= 4 is 11.0 Å². The van der Waals surface area contributed by atoms with E-state index in [2.05, 4.69) is 36.1 Å². The summed E-state index contributed by atoms with van der Waals surface area (Å²) in [5.74, 6) is 0.992. The molecule has 2 aromatic rings. The molecule has 0 spiro atoms. The third-order valence-electron chi connectivity index (χ3n) is 2.22. The number of H-pyrrole nitrogens is 1. The number of nitrogens with one attached hydrogen (secondary N) is 2. The number of hydrogen-bond acceptors (Lipinski definition) is 2. The van der Waals surface area contributed by atoms with Gasteiger partial charge in [-0.05, 0) is 32.9 Å². The fourth-order valence-corrected chi connectivity index (χ4v) is 1.44. The Labute approximate surface area is 89.9 Å². The molecule has 3 nitrogen and oxygen atoms in total. The fraction of sp³-hybridized carbons (Fsp3) is 0.417. The first-order valence-electron chi connectivity index (χ1n) is 5.23. The molecule has 2 N–H and O–H groups in total. The van der Waals surface area contributed by atoms with Crippen LogP contribution in [-0.4, -0.2) is 15.5 Å². The normalized spacial score (nSPS) is 12.2. The molecule has 2 rings (SSSR count). The van der Waals surface area contributed by atoms with Gasteiger partial charge in [0.25, 0.3) is 0 Å². The summed E-state index contributed by atoms with van der Waals surface area (Å²) >= 11 is 0. The number of nitrogens with zero attached hydrogens (tertiary/aromatic N) is 1. The van der Waals surface area contributed by atoms with E-state index < -0.39 is 0 Å². The summed E-state index contributed by atoms with van der Waals surface area (Å²) in [7, 11) is 0. The molecule has 0 aliphatic heterocycles. The number of para-hydroxylation sites is 2. The second-order valence-corrected chi connectivity index (χ2v) is 4.80. The Kier molecular flexibility index (Phi) is 2.49. The molecular formula is C12H17N3. The van der Waals surface area contributed by atoms with Crippen LogP contribution in [0.4, 0.5) is 0 Å². The van der Waals surface area contributed by atoms with Crippen LogP contribution in [0, 0.1) is 0 Å². The molecule has 80 valence electrons. The van der Waals surface area contributed by atoms with E-state index in [0.29, 0.717) is 0 Å². The van der Waals surface area contributed by atoms with Gasteiger partial charge in [0.05, 0.1) is 17.6 Å². The van der Waals surface area contributed by atoms with E-state index in [-0.39, 0.29) is 5.54 Å². The van der Waals surface area contributed by atoms with Crippen molar-refractivity contribution in [3.8, 4) is 0 Å². The molecule has 1 heterocycles. The van der Waals surface area contributed by atoms with Gasteiger partial charge >= 0.3 is 0 Å². The van der Waals surface area contributed by atoms with E-state index in [1.54, 1.807) is 0 Å². The number of fused-ring (bicyclic) bond motifs is 1. The number of benzene rings is 1. The Hall–Kier alpha value is -1.35. The molecule has 0 atom stereocenters. The van der Waals surface area contributed by atoms with Gasteiger partial charge in [0.2, 0.25) is 0 Å². The Morgan fingerprint density at radius 3 is 2.67 bits per heavy atom. The van der Waals surface area contributed by atoms with Crippen molar-refractivity contribution in [3.05, 3.63) is 30.1 Å². The van der Waals surface area contributed by atoms with Crippen molar-refractivity contribution < 1.29 is 0 Å². The van der Waals surface area contributed by atoms with Crippen LogP contribution in [0.25, 0.3) is 11.0 Å². The van der Waals surface area contributed by atoms with Crippen molar-refractivity contribution in [2.75, 3.05) is 0 Å². The molecule has 0 bridgehead atoms. The maximum Gasteiger partial charge on any atom is 0.121 e. The molecule has 0 saturated carbocycles. The maximum atomic E-state index is 4.50. The molecule has 0 unspecified atom stereocenters. The summed E-state index contributed by atoms with van der Waals surface area (Å²) in [6, 6.07) is 8.08. The average molecular weight is 203 g/mol. The smallest absolute Gasteiger partial charge is 0.121 e. The summed E-state index contributed by atoms with van der Waals surface area (Å²) in [5.41, 5.74) is 2.25. The molecule has 0 aliphatic rings. The molecule has 1 aromatic heterocycles. The molecule has 0 amide bonds. The summed E-state index contributed by atoms with van der Waals surface area (Å²) in [6.07, 6.45) is 0. The zero-order valence-corrected chi connectivity index (χ0v) is 9.46. The van der Waals surface area contributed by atoms with Crippen molar-refractivity contribution in [1.29, 1.82) is 0 Å². The van der Waals surface area contributed by atoms with E-state index >= 15 is 0 Å². The Bertz CT molecular complexity index is 418. The highest BCUT2D eigenvalue weighted by molar-refractivity contribution is 5.74. The third-order valence-corrected chi connectivity index (χ3v) is 2.22. The fourth-order valence-electron chi connectivity index (χ4n) is 1.44. The number of aromatic nitrogens is 2. The van der Waals surface area contributed by atoms with Crippen LogP contribution in [0.2, 0.25) is 0 Å². The second-order valence-electron chi connectivity index (χ2n) is 4.80. The maximum absolute atomic E-state index is 4.50. The van der Waals surface area contributed by atoms with E-state index in [1.807, 2.05) is 24.3 Å². The summed E-state index contributed by atoms with van der Waals surface area (Å²) < 4.78 is 0. The Balaban J connectivity index is 2.16. The van der Waals surface area contributed by atoms with Gasteiger partial charge in [0.1, 0.15) is 5.82 Å². The van der Waals surface area contributed by atoms with Gasteiger partial charge in [-0.1, -0.05) is 12.1 Å². The minimum atomic E-state index is 0.124. The first-order chi connectivity index (χ1) is 7.04. The minimum absolute atomic E-state index is 0.124. The Morgan fingerprint density at radius 2 is 2.00 bits per heavy atom. The van der Waals surface area contributed by atoms with Gasteiger partial charge in [0.15, 0.2) is 0 Å². The predicted octanol–water partition coefficient (Wildman–Crippen LogP) is 2.45. The van der Waals surface area contributed by atoms with E-state index in [0.717, 1.165) is 23.4 Å². The zero-order valence-electron chi connectivity index (χ0n) is 9.46. The highest BCUT2D eigenvalue weighted by atomic mass is 15.0. The van der Waals surface area contributed by atoms with Gasteiger partial charge in [-0.3, -0.25) is 0 Å². The van der Waals surface area contributed by atoms with Crippen LogP contribution in [0.5, 0.6) is 0 Å². The molecule has 0 saturated heterocycles. The zero-order chi connectivity index (χ0) is 10.9. The summed E-state index contributed by atoms with van der Waals surface area (Å²) in [5, 5.41) is 3.41. The SMILES string of the molecule is CC(C)(C)NCc1nc2ccccc2[nH]1. The quantitative estimate of drug-likeness (QED) is 0.787. The van der Waals surface area contributed by atoms with E-state index in [4.69, 9.17) is 0 Å². The molecule has 15 heavy (non-hydrogen) atoms. The van der Waals surface area contributed by atoms with Crippen LogP contribution in [0.3, 0.4) is 0 Å². The average Bonchev–Trinajstić information content (AvgIpc) is 2.56. The first kappa shape index (κ1) is 10.2.